The monoisotopic (exact) mass is 343 g/mol. The van der Waals surface area contributed by atoms with E-state index >= 15 is 0 Å². The fraction of sp³-hybridized carbons (Fsp3) is 0.250. The minimum absolute atomic E-state index is 0.0742. The number of nitrogens with one attached hydrogen (secondary N) is 2. The van der Waals surface area contributed by atoms with Gasteiger partial charge in [-0.2, -0.15) is 0 Å². The van der Waals surface area contributed by atoms with Gasteiger partial charge in [-0.3, -0.25) is 19.7 Å². The van der Waals surface area contributed by atoms with Crippen LogP contribution in [0.2, 0.25) is 0 Å². The predicted octanol–water partition coefficient (Wildman–Crippen LogP) is 0.260. The molecule has 0 aliphatic carbocycles. The molecule has 3 amide bonds. The quantitative estimate of drug-likeness (QED) is 0.717. The van der Waals surface area contributed by atoms with E-state index in [0.717, 1.165) is 11.8 Å². The first kappa shape index (κ1) is 16.5. The second-order valence-corrected chi connectivity index (χ2v) is 7.34. The Kier molecular flexibility index (Phi) is 4.54. The van der Waals surface area contributed by atoms with Gasteiger partial charge in [-0.15, -0.1) is 0 Å². The fourth-order valence-corrected chi connectivity index (χ4v) is 3.22. The topological polar surface area (TPSA) is 135 Å². The molecule has 1 aromatic rings. The van der Waals surface area contributed by atoms with Crippen LogP contribution in [0.4, 0.5) is 10.5 Å². The van der Waals surface area contributed by atoms with Gasteiger partial charge in [0.25, 0.3) is 5.24 Å². The number of rotatable bonds is 4. The van der Waals surface area contributed by atoms with E-state index in [1.54, 1.807) is 0 Å². The van der Waals surface area contributed by atoms with Gasteiger partial charge < -0.3 is 5.32 Å². The van der Waals surface area contributed by atoms with Crippen LogP contribution in [0.5, 0.6) is 0 Å². The first-order chi connectivity index (χ1) is 10.2. The zero-order chi connectivity index (χ0) is 16.5. The van der Waals surface area contributed by atoms with Crippen molar-refractivity contribution in [2.45, 2.75) is 17.1 Å². The molecular weight excluding hydrogens is 330 g/mol. The van der Waals surface area contributed by atoms with E-state index in [2.05, 4.69) is 10.6 Å². The standard InChI is InChI=1S/C12H13N3O5S2/c1-6(9-11(17)15-12(18)21-9)10(16)14-7-2-4-8(5-3-7)22(13,19)20/h2-6,9H,1H3,(H,14,16)(H2,13,19,20)(H,15,17,18)/t6-,9-/m1/s1. The third-order valence-electron chi connectivity index (χ3n) is 3.04. The highest BCUT2D eigenvalue weighted by molar-refractivity contribution is 8.15. The summed E-state index contributed by atoms with van der Waals surface area (Å²) in [6.45, 7) is 1.53. The molecular formula is C12H13N3O5S2. The Morgan fingerprint density at radius 2 is 1.91 bits per heavy atom. The van der Waals surface area contributed by atoms with E-state index in [1.165, 1.54) is 31.2 Å². The number of anilines is 1. The molecule has 0 bridgehead atoms. The lowest BCUT2D eigenvalue weighted by Gasteiger charge is -2.15. The molecule has 0 spiro atoms. The number of primary sulfonamides is 1. The third kappa shape index (κ3) is 3.64. The fourth-order valence-electron chi connectivity index (χ4n) is 1.82. The third-order valence-corrected chi connectivity index (χ3v) is 5.16. The zero-order valence-corrected chi connectivity index (χ0v) is 13.0. The summed E-state index contributed by atoms with van der Waals surface area (Å²) >= 11 is 0.770. The van der Waals surface area contributed by atoms with Crippen LogP contribution in [0.1, 0.15) is 6.92 Å². The second-order valence-electron chi connectivity index (χ2n) is 4.66. The molecule has 0 radical (unpaired) electrons. The molecule has 2 atom stereocenters. The molecule has 0 aromatic heterocycles. The summed E-state index contributed by atoms with van der Waals surface area (Å²) in [5.74, 6) is -1.68. The highest BCUT2D eigenvalue weighted by Gasteiger charge is 2.38. The van der Waals surface area contributed by atoms with Crippen LogP contribution in [0.15, 0.2) is 29.2 Å². The Morgan fingerprint density at radius 3 is 2.36 bits per heavy atom. The van der Waals surface area contributed by atoms with Gasteiger partial charge in [0, 0.05) is 5.69 Å². The van der Waals surface area contributed by atoms with Crippen molar-refractivity contribution in [2.75, 3.05) is 5.32 Å². The molecule has 22 heavy (non-hydrogen) atoms. The van der Waals surface area contributed by atoms with Gasteiger partial charge in [0.2, 0.25) is 21.8 Å². The van der Waals surface area contributed by atoms with Crippen molar-refractivity contribution in [1.29, 1.82) is 0 Å². The molecule has 1 heterocycles. The van der Waals surface area contributed by atoms with Gasteiger partial charge >= 0.3 is 0 Å². The van der Waals surface area contributed by atoms with Crippen LogP contribution in [-0.2, 0) is 19.6 Å². The van der Waals surface area contributed by atoms with E-state index in [1.807, 2.05) is 0 Å². The average Bonchev–Trinajstić information content (AvgIpc) is 2.76. The number of carbonyl (C=O) groups excluding carboxylic acids is 3. The number of nitrogens with two attached hydrogens (primary N) is 1. The highest BCUT2D eigenvalue weighted by Crippen LogP contribution is 2.27. The largest absolute Gasteiger partial charge is 0.326 e. The van der Waals surface area contributed by atoms with E-state index in [9.17, 15) is 22.8 Å². The lowest BCUT2D eigenvalue weighted by molar-refractivity contribution is -0.125. The van der Waals surface area contributed by atoms with Crippen molar-refractivity contribution >= 4 is 44.5 Å². The maximum absolute atomic E-state index is 12.1. The Bertz CT molecular complexity index is 730. The minimum atomic E-state index is -3.80. The molecule has 1 aliphatic rings. The van der Waals surface area contributed by atoms with Crippen molar-refractivity contribution < 1.29 is 22.8 Å². The SMILES string of the molecule is C[C@@H](C(=O)Nc1ccc(S(N)(=O)=O)cc1)[C@H]1SC(=O)NC1=O. The molecule has 1 fully saturated rings. The van der Waals surface area contributed by atoms with Crippen molar-refractivity contribution in [3.63, 3.8) is 0 Å². The first-order valence-electron chi connectivity index (χ1n) is 6.13. The van der Waals surface area contributed by atoms with Crippen LogP contribution >= 0.6 is 11.8 Å². The van der Waals surface area contributed by atoms with Gasteiger partial charge in [0.1, 0.15) is 5.25 Å². The molecule has 1 saturated heterocycles. The van der Waals surface area contributed by atoms with Gasteiger partial charge in [0.05, 0.1) is 10.8 Å². The summed E-state index contributed by atoms with van der Waals surface area (Å²) in [5, 5.41) is 8.38. The Labute approximate surface area is 130 Å². The lowest BCUT2D eigenvalue weighted by Crippen LogP contribution is -2.35. The van der Waals surface area contributed by atoms with Crippen molar-refractivity contribution in [3.05, 3.63) is 24.3 Å². The van der Waals surface area contributed by atoms with Gasteiger partial charge in [-0.25, -0.2) is 13.6 Å². The first-order valence-corrected chi connectivity index (χ1v) is 8.56. The normalized spacial score (nSPS) is 19.6. The number of hydrogen-bond acceptors (Lipinski definition) is 6. The molecule has 8 nitrogen and oxygen atoms in total. The van der Waals surface area contributed by atoms with Crippen molar-refractivity contribution in [1.82, 2.24) is 5.32 Å². The van der Waals surface area contributed by atoms with E-state index in [4.69, 9.17) is 5.14 Å². The van der Waals surface area contributed by atoms with Crippen molar-refractivity contribution in [2.24, 2.45) is 11.1 Å². The second kappa shape index (κ2) is 6.07. The number of sulfonamides is 1. The van der Waals surface area contributed by atoms with E-state index in [0.29, 0.717) is 5.69 Å². The van der Waals surface area contributed by atoms with E-state index in [-0.39, 0.29) is 4.90 Å². The lowest BCUT2D eigenvalue weighted by atomic mass is 10.1. The molecule has 10 heteroatoms. The Balaban J connectivity index is 2.05. The van der Waals surface area contributed by atoms with Gasteiger partial charge in [-0.05, 0) is 24.3 Å². The van der Waals surface area contributed by atoms with Crippen LogP contribution in [0.3, 0.4) is 0 Å². The summed E-state index contributed by atoms with van der Waals surface area (Å²) in [6, 6.07) is 5.29. The molecule has 118 valence electrons. The van der Waals surface area contributed by atoms with Gasteiger partial charge in [0.15, 0.2) is 0 Å². The highest BCUT2D eigenvalue weighted by atomic mass is 32.2. The molecule has 2 rings (SSSR count). The Morgan fingerprint density at radius 1 is 1.32 bits per heavy atom. The van der Waals surface area contributed by atoms with Crippen LogP contribution < -0.4 is 15.8 Å². The van der Waals surface area contributed by atoms with Gasteiger partial charge in [-0.1, -0.05) is 18.7 Å². The average molecular weight is 343 g/mol. The van der Waals surface area contributed by atoms with Crippen LogP contribution in [0.25, 0.3) is 0 Å². The summed E-state index contributed by atoms with van der Waals surface area (Å²) in [5.41, 5.74) is 0.360. The van der Waals surface area contributed by atoms with Crippen molar-refractivity contribution in [3.8, 4) is 0 Å². The summed E-state index contributed by atoms with van der Waals surface area (Å²) in [4.78, 5) is 34.6. The number of imide groups is 1. The summed E-state index contributed by atoms with van der Waals surface area (Å²) < 4.78 is 22.3. The molecule has 1 aliphatic heterocycles. The number of hydrogen-bond donors (Lipinski definition) is 3. The Hall–Kier alpha value is -1.91. The van der Waals surface area contributed by atoms with E-state index < -0.39 is 38.2 Å². The number of benzene rings is 1. The molecule has 1 aromatic carbocycles. The molecule has 4 N–H and O–H groups in total. The minimum Gasteiger partial charge on any atom is -0.326 e. The summed E-state index contributed by atoms with van der Waals surface area (Å²) in [7, 11) is -3.80. The number of carbonyl (C=O) groups is 3. The number of amides is 3. The number of thioether (sulfide) groups is 1. The molecule has 0 saturated carbocycles. The van der Waals surface area contributed by atoms with Crippen LogP contribution in [-0.4, -0.2) is 30.7 Å². The van der Waals surface area contributed by atoms with Crippen LogP contribution in [0, 0.1) is 5.92 Å². The molecule has 0 unspecified atom stereocenters. The maximum Gasteiger partial charge on any atom is 0.286 e. The summed E-state index contributed by atoms with van der Waals surface area (Å²) in [6.07, 6.45) is 0. The smallest absolute Gasteiger partial charge is 0.286 e. The predicted molar refractivity (Wildman–Crippen MR) is 80.5 cm³/mol. The maximum atomic E-state index is 12.1. The zero-order valence-electron chi connectivity index (χ0n) is 11.4.